The average Bonchev–Trinajstić information content (AvgIpc) is 2.83. The molecule has 0 radical (unpaired) electrons. The average molecular weight is 472 g/mol. The number of hydrogen-bond acceptors (Lipinski definition) is 8. The minimum absolute atomic E-state index is 0.0409. The van der Waals surface area contributed by atoms with Gasteiger partial charge in [-0.25, -0.2) is 23.6 Å². The molecule has 0 saturated carbocycles. The van der Waals surface area contributed by atoms with Crippen LogP contribution in [0.1, 0.15) is 17.9 Å². The van der Waals surface area contributed by atoms with Gasteiger partial charge in [0.15, 0.2) is 17.3 Å². The highest BCUT2D eigenvalue weighted by Gasteiger charge is 2.36. The highest BCUT2D eigenvalue weighted by molar-refractivity contribution is 5.86. The fourth-order valence-electron chi connectivity index (χ4n) is 2.72. The molecule has 0 bridgehead atoms. The molecule has 0 aromatic heterocycles. The van der Waals surface area contributed by atoms with Gasteiger partial charge in [0.25, 0.3) is 0 Å². The van der Waals surface area contributed by atoms with Crippen molar-refractivity contribution in [2.75, 3.05) is 0 Å². The number of carbonyl (C=O) groups excluding carboxylic acids is 4. The van der Waals surface area contributed by atoms with Crippen LogP contribution in [0.5, 0.6) is 11.5 Å². The summed E-state index contributed by atoms with van der Waals surface area (Å²) in [6.45, 7) is 12.9. The number of ether oxygens (including phenoxy) is 4. The Bertz CT molecular complexity index is 1160. The molecule has 0 spiro atoms. The zero-order chi connectivity index (χ0) is 25.4. The summed E-state index contributed by atoms with van der Waals surface area (Å²) < 4.78 is 49.6. The van der Waals surface area contributed by atoms with Crippen LogP contribution >= 0.6 is 0 Å². The molecular weight excluding hydrogens is 454 g/mol. The van der Waals surface area contributed by atoms with Crippen molar-refractivity contribution in [3.63, 3.8) is 0 Å². The summed E-state index contributed by atoms with van der Waals surface area (Å²) in [6.07, 6.45) is 2.71. The summed E-state index contributed by atoms with van der Waals surface area (Å²) in [5, 5.41) is 0. The largest absolute Gasteiger partial charge is 0.424 e. The van der Waals surface area contributed by atoms with E-state index in [2.05, 4.69) is 26.3 Å². The van der Waals surface area contributed by atoms with E-state index in [0.29, 0.717) is 6.08 Å². The van der Waals surface area contributed by atoms with Crippen LogP contribution in [0.25, 0.3) is 0 Å². The maximum atomic E-state index is 15.0. The van der Waals surface area contributed by atoms with Crippen LogP contribution in [-0.4, -0.2) is 23.9 Å². The third-order valence-electron chi connectivity index (χ3n) is 4.24. The SMILES string of the molecule is C=CC(=O)OC1=C(OC(=O)C=C)C(F)=C(F)C(c2ccc(OC(=O)C=C)c(OC(=O)C=C)c2)C1. The molecule has 0 N–H and O–H groups in total. The van der Waals surface area contributed by atoms with Gasteiger partial charge in [0.05, 0.1) is 0 Å². The number of benzene rings is 1. The summed E-state index contributed by atoms with van der Waals surface area (Å²) in [5.74, 6) is -10.2. The van der Waals surface area contributed by atoms with Gasteiger partial charge in [-0.15, -0.1) is 0 Å². The maximum Gasteiger partial charge on any atom is 0.335 e. The second kappa shape index (κ2) is 11.3. The highest BCUT2D eigenvalue weighted by atomic mass is 19.2. The van der Waals surface area contributed by atoms with Gasteiger partial charge in [0.1, 0.15) is 5.83 Å². The monoisotopic (exact) mass is 472 g/mol. The first-order valence-electron chi connectivity index (χ1n) is 9.44. The molecule has 8 nitrogen and oxygen atoms in total. The Morgan fingerprint density at radius 3 is 1.82 bits per heavy atom. The molecule has 1 aromatic carbocycles. The number of carbonyl (C=O) groups is 4. The first-order chi connectivity index (χ1) is 16.1. The number of rotatable bonds is 9. The van der Waals surface area contributed by atoms with E-state index in [-0.39, 0.29) is 17.1 Å². The lowest BCUT2D eigenvalue weighted by atomic mass is 9.89. The molecule has 1 unspecified atom stereocenters. The minimum atomic E-state index is -1.59. The zero-order valence-electron chi connectivity index (χ0n) is 17.7. The van der Waals surface area contributed by atoms with Crippen LogP contribution in [-0.2, 0) is 28.7 Å². The van der Waals surface area contributed by atoms with Gasteiger partial charge >= 0.3 is 23.9 Å². The highest BCUT2D eigenvalue weighted by Crippen LogP contribution is 2.44. The molecule has 10 heteroatoms. The molecule has 1 atom stereocenters. The van der Waals surface area contributed by atoms with E-state index in [9.17, 15) is 23.6 Å². The Labute approximate surface area is 192 Å². The number of allylic oxidation sites excluding steroid dienone is 3. The van der Waals surface area contributed by atoms with Crippen LogP contribution in [0.4, 0.5) is 8.78 Å². The summed E-state index contributed by atoms with van der Waals surface area (Å²) >= 11 is 0. The number of esters is 4. The van der Waals surface area contributed by atoms with Crippen molar-refractivity contribution in [1.82, 2.24) is 0 Å². The van der Waals surface area contributed by atoms with Crippen molar-refractivity contribution in [3.8, 4) is 11.5 Å². The van der Waals surface area contributed by atoms with E-state index < -0.39 is 59.4 Å². The first-order valence-corrected chi connectivity index (χ1v) is 9.44. The van der Waals surface area contributed by atoms with Crippen LogP contribution in [0.3, 0.4) is 0 Å². The van der Waals surface area contributed by atoms with Crippen LogP contribution < -0.4 is 9.47 Å². The maximum absolute atomic E-state index is 15.0. The Morgan fingerprint density at radius 2 is 1.26 bits per heavy atom. The second-order valence-corrected chi connectivity index (χ2v) is 6.38. The molecule has 1 aliphatic carbocycles. The van der Waals surface area contributed by atoms with E-state index in [1.54, 1.807) is 0 Å². The lowest BCUT2D eigenvalue weighted by Crippen LogP contribution is -2.18. The van der Waals surface area contributed by atoms with Gasteiger partial charge in [0.2, 0.25) is 11.6 Å². The molecule has 0 amide bonds. The first kappa shape index (κ1) is 25.7. The van der Waals surface area contributed by atoms with Crippen molar-refractivity contribution in [2.24, 2.45) is 0 Å². The topological polar surface area (TPSA) is 105 Å². The summed E-state index contributed by atoms with van der Waals surface area (Å²) in [7, 11) is 0. The van der Waals surface area contributed by atoms with Gasteiger partial charge in [0, 0.05) is 36.6 Å². The molecule has 0 fully saturated rings. The fraction of sp³-hybridized carbons (Fsp3) is 0.0833. The van der Waals surface area contributed by atoms with Gasteiger partial charge < -0.3 is 18.9 Å². The summed E-state index contributed by atoms with van der Waals surface area (Å²) in [6, 6.07) is 3.57. The Balaban J connectivity index is 2.56. The van der Waals surface area contributed by atoms with Crippen molar-refractivity contribution in [3.05, 3.63) is 97.6 Å². The predicted molar refractivity (Wildman–Crippen MR) is 114 cm³/mol. The normalized spacial score (nSPS) is 15.1. The Morgan fingerprint density at radius 1 is 0.765 bits per heavy atom. The van der Waals surface area contributed by atoms with E-state index in [4.69, 9.17) is 18.9 Å². The molecule has 0 aliphatic heterocycles. The predicted octanol–water partition coefficient (Wildman–Crippen LogP) is 4.18. The van der Waals surface area contributed by atoms with E-state index >= 15 is 4.39 Å². The van der Waals surface area contributed by atoms with Crippen LogP contribution in [0.15, 0.2) is 92.0 Å². The van der Waals surface area contributed by atoms with Gasteiger partial charge in [-0.05, 0) is 17.7 Å². The molecule has 1 aromatic rings. The Kier molecular flexibility index (Phi) is 8.54. The standard InChI is InChI=1S/C24H18F2O8/c1-5-18(27)31-15-10-9-13(11-16(15)32-19(28)6-2)14-12-17(33-20(29)7-3)24(23(26)22(14)25)34-21(30)8-4/h5-11,14H,1-4,12H2. The molecule has 34 heavy (non-hydrogen) atoms. The molecule has 176 valence electrons. The Hall–Kier alpha value is -4.60. The van der Waals surface area contributed by atoms with Crippen molar-refractivity contribution in [2.45, 2.75) is 12.3 Å². The third-order valence-corrected chi connectivity index (χ3v) is 4.24. The van der Waals surface area contributed by atoms with Crippen molar-refractivity contribution >= 4 is 23.9 Å². The lowest BCUT2D eigenvalue weighted by molar-refractivity contribution is -0.138. The number of hydrogen-bond donors (Lipinski definition) is 0. The molecular formula is C24H18F2O8. The smallest absolute Gasteiger partial charge is 0.335 e. The minimum Gasteiger partial charge on any atom is -0.424 e. The van der Waals surface area contributed by atoms with E-state index in [0.717, 1.165) is 24.3 Å². The zero-order valence-corrected chi connectivity index (χ0v) is 17.7. The molecule has 0 heterocycles. The summed E-state index contributed by atoms with van der Waals surface area (Å²) in [5.41, 5.74) is 0.0409. The fourth-order valence-corrected chi connectivity index (χ4v) is 2.72. The molecule has 0 saturated heterocycles. The molecule has 2 rings (SSSR count). The second-order valence-electron chi connectivity index (χ2n) is 6.38. The van der Waals surface area contributed by atoms with E-state index in [1.165, 1.54) is 12.1 Å². The van der Waals surface area contributed by atoms with Gasteiger partial charge in [-0.3, -0.25) is 0 Å². The van der Waals surface area contributed by atoms with Gasteiger partial charge in [-0.2, -0.15) is 4.39 Å². The van der Waals surface area contributed by atoms with Gasteiger partial charge in [-0.1, -0.05) is 32.4 Å². The summed E-state index contributed by atoms with van der Waals surface area (Å²) in [4.78, 5) is 46.5. The number of halogens is 2. The van der Waals surface area contributed by atoms with Crippen molar-refractivity contribution in [1.29, 1.82) is 0 Å². The van der Waals surface area contributed by atoms with Crippen molar-refractivity contribution < 1.29 is 46.9 Å². The quantitative estimate of drug-likeness (QED) is 0.300. The molecule has 1 aliphatic rings. The van der Waals surface area contributed by atoms with E-state index in [1.807, 2.05) is 0 Å². The van der Waals surface area contributed by atoms with Crippen LogP contribution in [0.2, 0.25) is 0 Å². The lowest BCUT2D eigenvalue weighted by Gasteiger charge is -2.24. The van der Waals surface area contributed by atoms with Crippen LogP contribution in [0, 0.1) is 0 Å². The third kappa shape index (κ3) is 6.00.